The largest absolute Gasteiger partial charge is 0.477 e. The lowest BCUT2D eigenvalue weighted by Crippen LogP contribution is -2.49. The number of hydrogen-bond donors (Lipinski definition) is 1. The number of fused-ring (bicyclic) bond motifs is 1. The van der Waals surface area contributed by atoms with Gasteiger partial charge in [-0.05, 0) is 37.3 Å². The summed E-state index contributed by atoms with van der Waals surface area (Å²) in [6.07, 6.45) is 2.30. The van der Waals surface area contributed by atoms with E-state index in [1.807, 2.05) is 19.1 Å². The van der Waals surface area contributed by atoms with Gasteiger partial charge in [0.1, 0.15) is 17.3 Å². The molecule has 24 heavy (non-hydrogen) atoms. The number of benzene rings is 1. The molecule has 1 aromatic carbocycles. The van der Waals surface area contributed by atoms with Crippen LogP contribution in [0.15, 0.2) is 46.9 Å². The van der Waals surface area contributed by atoms with Gasteiger partial charge in [-0.1, -0.05) is 12.1 Å². The summed E-state index contributed by atoms with van der Waals surface area (Å²) in [5, 5.41) is 2.55. The van der Waals surface area contributed by atoms with Gasteiger partial charge in [-0.3, -0.25) is 9.59 Å². The maximum Gasteiger partial charge on any atom is 0.262 e. The van der Waals surface area contributed by atoms with Crippen LogP contribution >= 0.6 is 0 Å². The fourth-order valence-electron chi connectivity index (χ4n) is 2.53. The van der Waals surface area contributed by atoms with Gasteiger partial charge in [0.05, 0.1) is 12.2 Å². The average Bonchev–Trinajstić information content (AvgIpc) is 3.03. The lowest BCUT2D eigenvalue weighted by Gasteiger charge is -2.33. The van der Waals surface area contributed by atoms with Crippen molar-refractivity contribution < 1.29 is 18.7 Å². The normalized spacial score (nSPS) is 16.6. The average molecular weight is 326 g/mol. The van der Waals surface area contributed by atoms with Gasteiger partial charge in [0, 0.05) is 13.1 Å². The minimum atomic E-state index is -0.742. The Bertz CT molecular complexity index is 794. The van der Waals surface area contributed by atoms with E-state index in [0.717, 1.165) is 5.76 Å². The third-order valence-electron chi connectivity index (χ3n) is 3.73. The molecule has 1 N–H and O–H groups in total. The summed E-state index contributed by atoms with van der Waals surface area (Å²) in [4.78, 5) is 26.1. The number of aryl methyl sites for hydroxylation is 1. The Labute approximate surface area is 139 Å². The second kappa shape index (κ2) is 6.62. The van der Waals surface area contributed by atoms with Gasteiger partial charge in [-0.25, -0.2) is 0 Å². The molecule has 6 heteroatoms. The van der Waals surface area contributed by atoms with Crippen molar-refractivity contribution in [1.82, 2.24) is 5.32 Å². The van der Waals surface area contributed by atoms with Crippen LogP contribution in [0.1, 0.15) is 11.5 Å². The predicted molar refractivity (Wildman–Crippen MR) is 89.8 cm³/mol. The maximum atomic E-state index is 12.6. The summed E-state index contributed by atoms with van der Waals surface area (Å²) < 4.78 is 11.1. The fourth-order valence-corrected chi connectivity index (χ4v) is 2.53. The molecule has 1 unspecified atom stereocenters. The zero-order valence-corrected chi connectivity index (χ0v) is 13.5. The molecule has 1 aromatic heterocycles. The molecule has 1 aliphatic heterocycles. The molecule has 0 fully saturated rings. The summed E-state index contributed by atoms with van der Waals surface area (Å²) in [5.74, 6) is 1.37. The van der Waals surface area contributed by atoms with Crippen molar-refractivity contribution in [3.05, 3.63) is 54.0 Å². The number of carbonyl (C=O) groups is 2. The maximum absolute atomic E-state index is 12.6. The summed E-state index contributed by atoms with van der Waals surface area (Å²) in [6.45, 7) is 1.99. The second-order valence-electron chi connectivity index (χ2n) is 5.42. The van der Waals surface area contributed by atoms with E-state index >= 15 is 0 Å². The molecular formula is C18H18N2O4. The monoisotopic (exact) mass is 326 g/mol. The Morgan fingerprint density at radius 3 is 2.75 bits per heavy atom. The summed E-state index contributed by atoms with van der Waals surface area (Å²) in [6, 6.07) is 10.8. The third kappa shape index (κ3) is 3.17. The molecule has 3 rings (SSSR count). The highest BCUT2D eigenvalue weighted by Gasteiger charge is 2.32. The number of furan rings is 1. The van der Waals surface area contributed by atoms with E-state index in [1.165, 1.54) is 18.0 Å². The van der Waals surface area contributed by atoms with Gasteiger partial charge in [-0.2, -0.15) is 0 Å². The smallest absolute Gasteiger partial charge is 0.262 e. The van der Waals surface area contributed by atoms with E-state index in [2.05, 4.69) is 5.32 Å². The van der Waals surface area contributed by atoms with Crippen LogP contribution in [-0.2, 0) is 9.59 Å². The molecule has 2 heterocycles. The Hall–Kier alpha value is -3.02. The molecule has 0 spiro atoms. The summed E-state index contributed by atoms with van der Waals surface area (Å²) in [7, 11) is 1.54. The van der Waals surface area contributed by atoms with Crippen molar-refractivity contribution in [2.45, 2.75) is 13.0 Å². The zero-order valence-electron chi connectivity index (χ0n) is 13.5. The number of likely N-dealkylation sites (N-methyl/N-ethyl adjacent to an activating group) is 1. The predicted octanol–water partition coefficient (Wildman–Crippen LogP) is 2.14. The van der Waals surface area contributed by atoms with Crippen LogP contribution < -0.4 is 15.0 Å². The minimum Gasteiger partial charge on any atom is -0.477 e. The van der Waals surface area contributed by atoms with E-state index in [9.17, 15) is 9.59 Å². The van der Waals surface area contributed by atoms with Gasteiger partial charge in [0.15, 0.2) is 6.10 Å². The number of para-hydroxylation sites is 2. The van der Waals surface area contributed by atoms with Crippen LogP contribution in [0.5, 0.6) is 5.75 Å². The summed E-state index contributed by atoms with van der Waals surface area (Å²) in [5.41, 5.74) is 0.642. The van der Waals surface area contributed by atoms with Crippen LogP contribution in [0.25, 0.3) is 6.08 Å². The number of ether oxygens (including phenoxy) is 1. The van der Waals surface area contributed by atoms with Crippen molar-refractivity contribution in [1.29, 1.82) is 0 Å². The zero-order chi connectivity index (χ0) is 17.1. The molecule has 1 aliphatic rings. The highest BCUT2D eigenvalue weighted by molar-refractivity contribution is 6.05. The van der Waals surface area contributed by atoms with Crippen LogP contribution in [0.3, 0.4) is 0 Å². The van der Waals surface area contributed by atoms with Crippen molar-refractivity contribution in [2.75, 3.05) is 18.5 Å². The molecule has 6 nitrogen and oxygen atoms in total. The lowest BCUT2D eigenvalue weighted by atomic mass is 10.1. The number of carbonyl (C=O) groups excluding carboxylic acids is 2. The van der Waals surface area contributed by atoms with Gasteiger partial charge in [0.2, 0.25) is 0 Å². The molecule has 1 atom stereocenters. The van der Waals surface area contributed by atoms with Crippen LogP contribution in [-0.4, -0.2) is 31.5 Å². The Morgan fingerprint density at radius 1 is 1.25 bits per heavy atom. The van der Waals surface area contributed by atoms with Gasteiger partial charge < -0.3 is 19.4 Å². The van der Waals surface area contributed by atoms with Crippen molar-refractivity contribution in [2.24, 2.45) is 0 Å². The lowest BCUT2D eigenvalue weighted by molar-refractivity contribution is -0.127. The van der Waals surface area contributed by atoms with E-state index in [1.54, 1.807) is 30.3 Å². The van der Waals surface area contributed by atoms with Crippen molar-refractivity contribution in [3.63, 3.8) is 0 Å². The quantitative estimate of drug-likeness (QED) is 0.877. The number of nitrogens with zero attached hydrogens (tertiary/aromatic N) is 1. The first kappa shape index (κ1) is 15.9. The molecule has 0 saturated carbocycles. The SMILES string of the molecule is CNC(=O)C1CN(C(=O)C=Cc2ccc(C)o2)c2ccccc2O1. The Morgan fingerprint density at radius 2 is 2.04 bits per heavy atom. The number of anilines is 1. The van der Waals surface area contributed by atoms with E-state index in [4.69, 9.17) is 9.15 Å². The highest BCUT2D eigenvalue weighted by atomic mass is 16.5. The molecule has 2 amide bonds. The van der Waals surface area contributed by atoms with Crippen LogP contribution in [0, 0.1) is 6.92 Å². The van der Waals surface area contributed by atoms with E-state index in [-0.39, 0.29) is 18.4 Å². The third-order valence-corrected chi connectivity index (χ3v) is 3.73. The topological polar surface area (TPSA) is 71.8 Å². The number of amides is 2. The van der Waals surface area contributed by atoms with Crippen LogP contribution in [0.2, 0.25) is 0 Å². The van der Waals surface area contributed by atoms with Gasteiger partial charge >= 0.3 is 0 Å². The van der Waals surface area contributed by atoms with Crippen molar-refractivity contribution >= 4 is 23.6 Å². The molecule has 0 radical (unpaired) electrons. The second-order valence-corrected chi connectivity index (χ2v) is 5.42. The summed E-state index contributed by atoms with van der Waals surface area (Å²) >= 11 is 0. The highest BCUT2D eigenvalue weighted by Crippen LogP contribution is 2.33. The Balaban J connectivity index is 1.86. The van der Waals surface area contributed by atoms with Gasteiger partial charge in [0.25, 0.3) is 11.8 Å². The standard InChI is InChI=1S/C18H18N2O4/c1-12-7-8-13(23-12)9-10-17(21)20-11-16(18(22)19-2)24-15-6-4-3-5-14(15)20/h3-10,16H,11H2,1-2H3,(H,19,22). The van der Waals surface area contributed by atoms with E-state index < -0.39 is 6.10 Å². The minimum absolute atomic E-state index is 0.150. The molecular weight excluding hydrogens is 308 g/mol. The number of hydrogen-bond acceptors (Lipinski definition) is 4. The molecule has 124 valence electrons. The fraction of sp³-hybridized carbons (Fsp3) is 0.222. The first-order valence-electron chi connectivity index (χ1n) is 7.62. The first-order chi connectivity index (χ1) is 11.6. The molecule has 0 saturated heterocycles. The van der Waals surface area contributed by atoms with E-state index in [0.29, 0.717) is 17.2 Å². The van der Waals surface area contributed by atoms with Gasteiger partial charge in [-0.15, -0.1) is 0 Å². The molecule has 0 aliphatic carbocycles. The molecule has 2 aromatic rings. The molecule has 0 bridgehead atoms. The van der Waals surface area contributed by atoms with Crippen LogP contribution in [0.4, 0.5) is 5.69 Å². The Kier molecular flexibility index (Phi) is 4.37. The first-order valence-corrected chi connectivity index (χ1v) is 7.62. The number of rotatable bonds is 3. The van der Waals surface area contributed by atoms with Crippen molar-refractivity contribution in [3.8, 4) is 5.75 Å². The number of nitrogens with one attached hydrogen (secondary N) is 1.